The Labute approximate surface area is 833 Å². The van der Waals surface area contributed by atoms with Gasteiger partial charge in [-0.1, -0.05) is 81.9 Å². The standard InChI is InChI=1S/C14H14O4.C13H15NO5.C13H12O4.C12H14O3.C11H12O3.C8H7NO5.2C8H9NO3.C5H8O3.C4H8O.C2H3N.C2H6.CH4.Li.H2O/c1-8-9(2)18-13-5-4-10(14(16)17-3)6-11(13)7-12(8)15;1-7(8(2)15)12(17)14-10-6-9(13(18)19-3)4-5-11(10)16;1-7-8(2)17-12-4-3-9(13(15)16)5-10(12)6-11(7)14;1-9(10(2)13)12(14)15-8-11-6-4-3-5-7-11;1-9(12)7-11(13)14-8-10-5-3-2-4-6-10;1-14-8(11)5-2-3-7(10)6(4-5)9(12)13;2*1-12-8(11)5-2-3-7(10)6(9)4-5;1-3(4(2)6)5(7)8;1-2-4-5-3-1;1-2-3;1-2;;;/h4-6H,7H2,1-3H3;4-7,16H,1-3H3,(H,14,17);3-5H,6H2,1-2H3,(H,15,16);3-7,9H,8H2,1-2H3;2-6H,7-8H2,1H3;2-4,10H,1H3;2*2-4,10H,9H2,1H3;3H,1-2H3,(H,7,8);1-4H2;1H3;1-2H3;1H4;;1H2/q;;;;;;;;;;;;;+1;/p-1. The van der Waals surface area contributed by atoms with E-state index in [1.54, 1.807) is 65.0 Å². The van der Waals surface area contributed by atoms with Crippen molar-refractivity contribution < 1.29 is 184 Å². The van der Waals surface area contributed by atoms with Crippen molar-refractivity contribution in [3.05, 3.63) is 258 Å². The number of esters is 7. The number of rotatable bonds is 20. The molecule has 11 rings (SSSR count). The Balaban J connectivity index is -0.000000748. The molecule has 0 saturated carbocycles. The number of carbonyl (C=O) groups is 16. The SMILES string of the molecule is C.C1CCOC1.CC.CC#N.CC(=O)C(C)C(=O)O.CC(=O)C(C)C(=O)OCc1ccccc1.CC(=O)CC(=O)OCc1ccccc1.CC1=C(C)C(=O)Cc2cc(C(=O)O)ccc2O1.COC(=O)c1ccc(O)c(N)c1.COC(=O)c1ccc(O)c(N)c1.COC(=O)c1ccc(O)c(NC(=O)C(C)C(C)=O)c1.COC(=O)c1ccc(O)c([N+](=O)[O-])c1.COC(=O)c1ccc2c(c1)CC(=O)C(C)=C(C)O2.[Li+].[OH-]. The van der Waals surface area contributed by atoms with Gasteiger partial charge in [0, 0.05) is 61.3 Å². The predicted octanol–water partition coefficient (Wildman–Crippen LogP) is 12.2. The molecule has 0 spiro atoms. The Bertz CT molecular complexity index is 5620. The second kappa shape index (κ2) is 70.4. The first-order valence-electron chi connectivity index (χ1n) is 42.0. The maximum absolute atomic E-state index is 11.9. The van der Waals surface area contributed by atoms with Crippen LogP contribution in [-0.2, 0) is 112 Å². The minimum atomic E-state index is -1.06. The zero-order chi connectivity index (χ0) is 106. The van der Waals surface area contributed by atoms with Crippen LogP contribution in [-0.4, -0.2) is 184 Å². The first kappa shape index (κ1) is 132. The van der Waals surface area contributed by atoms with E-state index in [1.165, 1.54) is 170 Å². The molecule has 3 aliphatic rings. The van der Waals surface area contributed by atoms with Gasteiger partial charge in [-0.05, 0) is 203 Å². The first-order chi connectivity index (χ1) is 65.5. The number of allylic oxidation sites excluding steroid dienone is 4. The van der Waals surface area contributed by atoms with Crippen molar-refractivity contribution in [2.75, 3.05) is 65.5 Å². The number of nitrogens with zero attached hydrogens (tertiary/aromatic N) is 2. The number of fused-ring (bicyclic) bond motifs is 2. The maximum Gasteiger partial charge on any atom is 1.00 e. The number of ketones is 6. The molecule has 1 amide bonds. The number of phenolic OH excluding ortho intramolecular Hbond substituents is 4. The van der Waals surface area contributed by atoms with Crippen molar-refractivity contribution in [2.24, 2.45) is 17.8 Å². The number of ether oxygens (including phenoxy) is 10. The number of nitrogens with one attached hydrogen (secondary N) is 1. The number of hydrogen-bond donors (Lipinski definition) is 9. The second-order valence-electron chi connectivity index (χ2n) is 28.9. The van der Waals surface area contributed by atoms with Gasteiger partial charge in [0.05, 0.1) is 103 Å². The molecule has 0 aliphatic carbocycles. The van der Waals surface area contributed by atoms with E-state index in [0.29, 0.717) is 62.0 Å². The number of methoxy groups -OCH3 is 5. The van der Waals surface area contributed by atoms with E-state index < -0.39 is 93.7 Å². The first-order valence-corrected chi connectivity index (χ1v) is 42.0. The van der Waals surface area contributed by atoms with Crippen LogP contribution in [0.3, 0.4) is 0 Å². The van der Waals surface area contributed by atoms with Crippen molar-refractivity contribution in [3.8, 4) is 40.6 Å². The molecule has 3 unspecified atom stereocenters. The van der Waals surface area contributed by atoms with E-state index in [0.717, 1.165) is 36.5 Å². The van der Waals surface area contributed by atoms with Crippen LogP contribution in [0, 0.1) is 39.2 Å². The van der Waals surface area contributed by atoms with Gasteiger partial charge in [0.25, 0.3) is 0 Å². The van der Waals surface area contributed by atoms with Crippen LogP contribution in [0.4, 0.5) is 22.7 Å². The number of nitro benzene ring substituents is 1. The van der Waals surface area contributed by atoms with E-state index >= 15 is 0 Å². The average Bonchev–Trinajstić information content (AvgIpc) is 1.62. The Kier molecular flexibility index (Phi) is 65.5. The molecule has 0 radical (unpaired) electrons. The smallest absolute Gasteiger partial charge is 0.870 e. The van der Waals surface area contributed by atoms with Crippen LogP contribution >= 0.6 is 0 Å². The van der Waals surface area contributed by atoms with Gasteiger partial charge >= 0.3 is 78.3 Å². The minimum absolute atomic E-state index is 0. The summed E-state index contributed by atoms with van der Waals surface area (Å²) in [4.78, 5) is 186. The van der Waals surface area contributed by atoms with Crippen LogP contribution in [0.25, 0.3) is 0 Å². The van der Waals surface area contributed by atoms with Gasteiger partial charge in [-0.2, -0.15) is 5.26 Å². The summed E-state index contributed by atoms with van der Waals surface area (Å²) in [6.45, 7) is 24.5. The third-order valence-electron chi connectivity index (χ3n) is 18.7. The number of nitro groups is 1. The number of benzene rings is 8. The van der Waals surface area contributed by atoms with Gasteiger partial charge in [-0.15, -0.1) is 0 Å². The molecular formula is C101H122LiN5O35. The molecular weight excluding hydrogens is 1850 g/mol. The van der Waals surface area contributed by atoms with Crippen molar-refractivity contribution in [2.45, 2.75) is 150 Å². The fourth-order valence-electron chi connectivity index (χ4n) is 10.0. The van der Waals surface area contributed by atoms with Crippen LogP contribution in [0.15, 0.2) is 193 Å². The van der Waals surface area contributed by atoms with Crippen LogP contribution < -0.4 is 45.1 Å². The Hall–Kier alpha value is -16.2. The minimum Gasteiger partial charge on any atom is -0.870 e. The Morgan fingerprint density at radius 3 is 1.14 bits per heavy atom. The summed E-state index contributed by atoms with van der Waals surface area (Å²) in [6, 6.07) is 45.5. The van der Waals surface area contributed by atoms with Crippen LogP contribution in [0.5, 0.6) is 34.5 Å². The van der Waals surface area contributed by atoms with Gasteiger partial charge in [-0.25, -0.2) is 28.8 Å². The number of hydrogen-bond acceptors (Lipinski definition) is 36. The number of amides is 1. The molecule has 142 heavy (non-hydrogen) atoms. The molecule has 0 aromatic heterocycles. The quantitative estimate of drug-likeness (QED) is 0.00500. The summed E-state index contributed by atoms with van der Waals surface area (Å²) >= 11 is 0. The normalized spacial score (nSPS) is 11.6. The van der Waals surface area contributed by atoms with Gasteiger partial charge in [-0.3, -0.25) is 58.1 Å². The van der Waals surface area contributed by atoms with Crippen molar-refractivity contribution in [1.82, 2.24) is 0 Å². The molecule has 0 bridgehead atoms. The zero-order valence-electron chi connectivity index (χ0n) is 81.9. The van der Waals surface area contributed by atoms with Gasteiger partial charge in [0.1, 0.15) is 94.9 Å². The molecule has 8 aromatic carbocycles. The number of aliphatic carboxylic acids is 1. The number of phenols is 4. The number of nitriles is 1. The summed E-state index contributed by atoms with van der Waals surface area (Å²) in [7, 11) is 6.29. The van der Waals surface area contributed by atoms with E-state index in [9.17, 15) is 91.9 Å². The maximum atomic E-state index is 11.9. The number of anilines is 3. The monoisotopic (exact) mass is 1970 g/mol. The van der Waals surface area contributed by atoms with E-state index in [2.05, 4.69) is 29.0 Å². The third kappa shape index (κ3) is 49.2. The van der Waals surface area contributed by atoms with Crippen LogP contribution in [0.2, 0.25) is 0 Å². The molecule has 8 aromatic rings. The number of Topliss-reactive ketones (excluding diaryl/α,β-unsaturated/α-hetero) is 6. The van der Waals surface area contributed by atoms with Gasteiger partial charge in [0.2, 0.25) is 5.91 Å². The largest absolute Gasteiger partial charge is 1.00 e. The van der Waals surface area contributed by atoms with Crippen molar-refractivity contribution in [3.63, 3.8) is 0 Å². The van der Waals surface area contributed by atoms with E-state index in [-0.39, 0.29) is 150 Å². The average molecular weight is 1970 g/mol. The Morgan fingerprint density at radius 1 is 0.486 bits per heavy atom. The molecule has 3 atom stereocenters. The molecule has 40 nitrogen and oxygen atoms in total. The number of nitrogen functional groups attached to an aromatic ring is 2. The third-order valence-corrected chi connectivity index (χ3v) is 18.7. The topological polar surface area (TPSA) is 648 Å². The molecule has 762 valence electrons. The summed E-state index contributed by atoms with van der Waals surface area (Å²) in [5.74, 6) is -7.95. The number of carboxylic acids is 2. The zero-order valence-corrected chi connectivity index (χ0v) is 81.9. The molecule has 1 fully saturated rings. The second-order valence-corrected chi connectivity index (χ2v) is 28.9. The summed E-state index contributed by atoms with van der Waals surface area (Å²) in [5.41, 5.74) is 16.4. The number of carboxylic acid groups (broad SMARTS) is 2. The molecule has 3 aliphatic heterocycles. The van der Waals surface area contributed by atoms with Crippen LogP contribution in [0.1, 0.15) is 208 Å². The molecule has 3 heterocycles. The van der Waals surface area contributed by atoms with Crippen molar-refractivity contribution in [1.29, 1.82) is 5.26 Å². The molecule has 41 heteroatoms. The molecule has 12 N–H and O–H groups in total. The number of aromatic hydroxyl groups is 4. The fraction of sp³-hybridized carbons (Fsp3) is 0.317. The van der Waals surface area contributed by atoms with E-state index in [4.69, 9.17) is 65.9 Å². The number of aromatic carboxylic acids is 1. The number of carbonyl (C=O) groups excluding carboxylic acids is 14. The Morgan fingerprint density at radius 2 is 0.817 bits per heavy atom. The van der Waals surface area contributed by atoms with Gasteiger partial charge < -0.3 is 100 Å². The summed E-state index contributed by atoms with van der Waals surface area (Å²) in [5, 5.41) is 73.8. The van der Waals surface area contributed by atoms with Crippen molar-refractivity contribution >= 4 is 117 Å². The fourth-order valence-corrected chi connectivity index (χ4v) is 10.0. The van der Waals surface area contributed by atoms with Gasteiger partial charge in [0.15, 0.2) is 17.3 Å². The number of nitrogens with two attached hydrogens (primary N) is 2. The summed E-state index contributed by atoms with van der Waals surface area (Å²) in [6.07, 6.45) is 2.83. The predicted molar refractivity (Wildman–Crippen MR) is 515 cm³/mol. The molecule has 1 saturated heterocycles. The summed E-state index contributed by atoms with van der Waals surface area (Å²) < 4.78 is 48.4. The van der Waals surface area contributed by atoms with E-state index in [1.807, 2.05) is 74.5 Å².